The summed E-state index contributed by atoms with van der Waals surface area (Å²) in [6.07, 6.45) is 4.81. The van der Waals surface area contributed by atoms with Gasteiger partial charge in [-0.05, 0) is 54.4 Å². The second kappa shape index (κ2) is 8.92. The van der Waals surface area contributed by atoms with Gasteiger partial charge in [-0.1, -0.05) is 29.8 Å². The molecule has 154 valence electrons. The molecule has 1 unspecified atom stereocenters. The van der Waals surface area contributed by atoms with Crippen molar-refractivity contribution in [3.8, 4) is 11.1 Å². The largest absolute Gasteiger partial charge is 0.330 e. The molecule has 30 heavy (non-hydrogen) atoms. The monoisotopic (exact) mass is 423 g/mol. The van der Waals surface area contributed by atoms with Crippen molar-refractivity contribution in [2.24, 2.45) is 11.5 Å². The van der Waals surface area contributed by atoms with Gasteiger partial charge in [0.1, 0.15) is 5.82 Å². The van der Waals surface area contributed by atoms with E-state index in [4.69, 9.17) is 23.1 Å². The van der Waals surface area contributed by atoms with E-state index >= 15 is 0 Å². The molecule has 0 saturated heterocycles. The van der Waals surface area contributed by atoms with Crippen LogP contribution in [-0.2, 0) is 13.0 Å². The highest BCUT2D eigenvalue weighted by Gasteiger charge is 2.12. The first kappa shape index (κ1) is 20.5. The minimum atomic E-state index is -0.249. The highest BCUT2D eigenvalue weighted by molar-refractivity contribution is 6.33. The average Bonchev–Trinajstić information content (AvgIpc) is 3.12. The number of pyridine rings is 1. The molecule has 7 heteroatoms. The Labute approximate surface area is 179 Å². The fourth-order valence-electron chi connectivity index (χ4n) is 3.58. The second-order valence-corrected chi connectivity index (χ2v) is 7.81. The molecule has 0 saturated carbocycles. The number of nitrogens with two attached hydrogens (primary N) is 2. The summed E-state index contributed by atoms with van der Waals surface area (Å²) in [6, 6.07) is 14.5. The SMILES string of the molecule is NCCC(N)Cc1cc(-c2ccc3ncn(Cc4cccc(F)c4)c3c2)c(Cl)cn1. The van der Waals surface area contributed by atoms with Crippen LogP contribution in [0, 0.1) is 5.82 Å². The number of imidazole rings is 1. The zero-order chi connectivity index (χ0) is 21.1. The Morgan fingerprint density at radius 3 is 2.77 bits per heavy atom. The molecule has 0 bridgehead atoms. The van der Waals surface area contributed by atoms with E-state index in [-0.39, 0.29) is 11.9 Å². The number of halogens is 2. The van der Waals surface area contributed by atoms with Gasteiger partial charge in [-0.15, -0.1) is 0 Å². The number of hydrogen-bond acceptors (Lipinski definition) is 4. The van der Waals surface area contributed by atoms with Gasteiger partial charge in [-0.25, -0.2) is 9.37 Å². The van der Waals surface area contributed by atoms with Crippen LogP contribution >= 0.6 is 11.6 Å². The maximum absolute atomic E-state index is 13.6. The van der Waals surface area contributed by atoms with Crippen molar-refractivity contribution >= 4 is 22.6 Å². The summed E-state index contributed by atoms with van der Waals surface area (Å²) in [6.45, 7) is 1.08. The van der Waals surface area contributed by atoms with Gasteiger partial charge in [0, 0.05) is 36.5 Å². The number of nitrogens with zero attached hydrogens (tertiary/aromatic N) is 3. The van der Waals surface area contributed by atoms with Crippen LogP contribution in [0.2, 0.25) is 5.02 Å². The minimum Gasteiger partial charge on any atom is -0.330 e. The number of rotatable bonds is 7. The summed E-state index contributed by atoms with van der Waals surface area (Å²) in [5.41, 5.74) is 17.1. The minimum absolute atomic E-state index is 0.0355. The first-order chi connectivity index (χ1) is 14.5. The lowest BCUT2D eigenvalue weighted by Gasteiger charge is -2.12. The van der Waals surface area contributed by atoms with Crippen molar-refractivity contribution in [2.75, 3.05) is 6.54 Å². The summed E-state index contributed by atoms with van der Waals surface area (Å²) < 4.78 is 15.6. The molecule has 4 N–H and O–H groups in total. The van der Waals surface area contributed by atoms with Gasteiger partial charge >= 0.3 is 0 Å². The van der Waals surface area contributed by atoms with Crippen molar-refractivity contribution in [2.45, 2.75) is 25.4 Å². The fraction of sp³-hybridized carbons (Fsp3) is 0.217. The molecule has 4 rings (SSSR count). The smallest absolute Gasteiger partial charge is 0.123 e. The summed E-state index contributed by atoms with van der Waals surface area (Å²) in [5.74, 6) is -0.249. The fourth-order valence-corrected chi connectivity index (χ4v) is 3.79. The molecule has 5 nitrogen and oxygen atoms in total. The van der Waals surface area contributed by atoms with Gasteiger partial charge in [0.15, 0.2) is 0 Å². The van der Waals surface area contributed by atoms with Crippen molar-refractivity contribution in [3.63, 3.8) is 0 Å². The molecule has 0 aliphatic heterocycles. The van der Waals surface area contributed by atoms with Crippen LogP contribution in [0.5, 0.6) is 0 Å². The van der Waals surface area contributed by atoms with Crippen LogP contribution in [0.25, 0.3) is 22.2 Å². The molecule has 0 spiro atoms. The molecule has 0 fully saturated rings. The van der Waals surface area contributed by atoms with Crippen LogP contribution in [0.1, 0.15) is 17.7 Å². The van der Waals surface area contributed by atoms with Gasteiger partial charge in [0.05, 0.1) is 22.4 Å². The van der Waals surface area contributed by atoms with Crippen LogP contribution < -0.4 is 11.5 Å². The molecule has 2 aromatic carbocycles. The predicted octanol–water partition coefficient (Wildman–Crippen LogP) is 4.16. The maximum atomic E-state index is 13.6. The second-order valence-electron chi connectivity index (χ2n) is 7.40. The molecule has 1 atom stereocenters. The quantitative estimate of drug-likeness (QED) is 0.467. The third kappa shape index (κ3) is 4.51. The van der Waals surface area contributed by atoms with Crippen molar-refractivity contribution in [1.29, 1.82) is 0 Å². The summed E-state index contributed by atoms with van der Waals surface area (Å²) >= 11 is 6.46. The van der Waals surface area contributed by atoms with Gasteiger partial charge in [-0.3, -0.25) is 4.98 Å². The maximum Gasteiger partial charge on any atom is 0.123 e. The van der Waals surface area contributed by atoms with E-state index in [1.807, 2.05) is 34.9 Å². The highest BCUT2D eigenvalue weighted by Crippen LogP contribution is 2.30. The van der Waals surface area contributed by atoms with Crippen LogP contribution in [0.15, 0.2) is 61.1 Å². The zero-order valence-corrected chi connectivity index (χ0v) is 17.2. The first-order valence-corrected chi connectivity index (χ1v) is 10.2. The lowest BCUT2D eigenvalue weighted by molar-refractivity contribution is 0.611. The number of aromatic nitrogens is 3. The molecule has 0 amide bonds. The molecule has 0 aliphatic carbocycles. The average molecular weight is 424 g/mol. The molecule has 0 aliphatic rings. The summed E-state index contributed by atoms with van der Waals surface area (Å²) in [4.78, 5) is 8.88. The topological polar surface area (TPSA) is 82.8 Å². The van der Waals surface area contributed by atoms with Crippen LogP contribution in [0.3, 0.4) is 0 Å². The Hall–Kier alpha value is -2.80. The van der Waals surface area contributed by atoms with E-state index in [0.717, 1.165) is 39.8 Å². The van der Waals surface area contributed by atoms with Crippen LogP contribution in [0.4, 0.5) is 4.39 Å². The lowest BCUT2D eigenvalue weighted by Crippen LogP contribution is -2.26. The normalized spacial score (nSPS) is 12.4. The molecule has 2 heterocycles. The first-order valence-electron chi connectivity index (χ1n) is 9.83. The number of benzene rings is 2. The van der Waals surface area contributed by atoms with E-state index in [9.17, 15) is 4.39 Å². The Morgan fingerprint density at radius 1 is 1.10 bits per heavy atom. The summed E-state index contributed by atoms with van der Waals surface area (Å²) in [7, 11) is 0. The zero-order valence-electron chi connectivity index (χ0n) is 16.4. The molecule has 0 radical (unpaired) electrons. The van der Waals surface area contributed by atoms with E-state index in [1.54, 1.807) is 18.6 Å². The van der Waals surface area contributed by atoms with Gasteiger partial charge in [-0.2, -0.15) is 0 Å². The van der Waals surface area contributed by atoms with E-state index in [1.165, 1.54) is 12.1 Å². The molecule has 2 aromatic heterocycles. The van der Waals surface area contributed by atoms with Gasteiger partial charge in [0.25, 0.3) is 0 Å². The van der Waals surface area contributed by atoms with E-state index in [2.05, 4.69) is 9.97 Å². The third-order valence-corrected chi connectivity index (χ3v) is 5.40. The van der Waals surface area contributed by atoms with Crippen molar-refractivity contribution in [3.05, 3.63) is 83.2 Å². The van der Waals surface area contributed by atoms with Gasteiger partial charge < -0.3 is 16.0 Å². The highest BCUT2D eigenvalue weighted by atomic mass is 35.5. The Kier molecular flexibility index (Phi) is 6.08. The lowest BCUT2D eigenvalue weighted by atomic mass is 10.0. The van der Waals surface area contributed by atoms with Crippen molar-refractivity contribution < 1.29 is 4.39 Å². The van der Waals surface area contributed by atoms with E-state index in [0.29, 0.717) is 24.5 Å². The Balaban J connectivity index is 1.68. The summed E-state index contributed by atoms with van der Waals surface area (Å²) in [5, 5.41) is 0.571. The van der Waals surface area contributed by atoms with Crippen molar-refractivity contribution in [1.82, 2.24) is 14.5 Å². The Morgan fingerprint density at radius 2 is 1.97 bits per heavy atom. The number of hydrogen-bond donors (Lipinski definition) is 2. The predicted molar refractivity (Wildman–Crippen MR) is 119 cm³/mol. The van der Waals surface area contributed by atoms with Crippen LogP contribution in [-0.4, -0.2) is 27.1 Å². The van der Waals surface area contributed by atoms with E-state index < -0.39 is 0 Å². The molecular weight excluding hydrogens is 401 g/mol. The standard InChI is InChI=1S/C23H23ClFN5/c24-21-12-28-19(10-18(27)6-7-26)11-20(21)16-4-5-22-23(9-16)30(14-29-22)13-15-2-1-3-17(25)8-15/h1-5,8-9,11-12,14,18H,6-7,10,13,26-27H2. The third-order valence-electron chi connectivity index (χ3n) is 5.09. The number of fused-ring (bicyclic) bond motifs is 1. The molecular formula is C23H23ClFN5. The van der Waals surface area contributed by atoms with Gasteiger partial charge in [0.2, 0.25) is 0 Å². The molecule has 4 aromatic rings. The Bertz CT molecular complexity index is 1170.